The lowest BCUT2D eigenvalue weighted by Crippen LogP contribution is -2.52. The van der Waals surface area contributed by atoms with E-state index >= 15 is 0 Å². The maximum absolute atomic E-state index is 13.7. The van der Waals surface area contributed by atoms with Crippen LogP contribution in [-0.4, -0.2) is 64.0 Å². The van der Waals surface area contributed by atoms with E-state index in [1.165, 1.54) is 26.2 Å². The smallest absolute Gasteiger partial charge is 0.273 e. The van der Waals surface area contributed by atoms with Gasteiger partial charge in [-0.05, 0) is 49.4 Å². The molecular weight excluding hydrogens is 496 g/mol. The third kappa shape index (κ3) is 5.67. The number of sulfonamides is 1. The third-order valence-corrected chi connectivity index (χ3v) is 8.13. The summed E-state index contributed by atoms with van der Waals surface area (Å²) < 4.78 is 33.6. The molecule has 1 amide bonds. The lowest BCUT2D eigenvalue weighted by molar-refractivity contribution is -0.385. The Morgan fingerprint density at radius 3 is 2.24 bits per heavy atom. The summed E-state index contributed by atoms with van der Waals surface area (Å²) >= 11 is 0. The molecular formula is C26H28N4O6S. The number of para-hydroxylation sites is 1. The molecule has 194 valence electrons. The maximum atomic E-state index is 13.7. The number of aryl methyl sites for hydroxylation is 1. The van der Waals surface area contributed by atoms with Gasteiger partial charge in [-0.3, -0.25) is 19.2 Å². The number of nitro groups is 1. The first-order valence-corrected chi connectivity index (χ1v) is 13.1. The number of anilines is 2. The van der Waals surface area contributed by atoms with E-state index in [4.69, 9.17) is 4.74 Å². The van der Waals surface area contributed by atoms with Crippen LogP contribution in [0, 0.1) is 17.0 Å². The predicted molar refractivity (Wildman–Crippen MR) is 141 cm³/mol. The van der Waals surface area contributed by atoms with Crippen molar-refractivity contribution in [2.24, 2.45) is 0 Å². The highest BCUT2D eigenvalue weighted by atomic mass is 32.2. The number of benzene rings is 3. The molecule has 0 saturated carbocycles. The Hall–Kier alpha value is -4.12. The van der Waals surface area contributed by atoms with Crippen LogP contribution in [0.5, 0.6) is 5.75 Å². The fraction of sp³-hybridized carbons (Fsp3) is 0.269. The molecule has 3 aromatic rings. The second kappa shape index (κ2) is 10.9. The molecule has 1 fully saturated rings. The van der Waals surface area contributed by atoms with Crippen molar-refractivity contribution in [3.63, 3.8) is 0 Å². The Bertz CT molecular complexity index is 1370. The number of rotatable bonds is 8. The Morgan fingerprint density at radius 1 is 1.00 bits per heavy atom. The van der Waals surface area contributed by atoms with Crippen LogP contribution >= 0.6 is 0 Å². The van der Waals surface area contributed by atoms with E-state index in [1.54, 1.807) is 29.2 Å². The summed E-state index contributed by atoms with van der Waals surface area (Å²) in [5.74, 6) is 0.171. The second-order valence-corrected chi connectivity index (χ2v) is 10.5. The highest BCUT2D eigenvalue weighted by Gasteiger charge is 2.31. The molecule has 1 aliphatic heterocycles. The topological polar surface area (TPSA) is 113 Å². The number of piperazine rings is 1. The molecule has 10 nitrogen and oxygen atoms in total. The summed E-state index contributed by atoms with van der Waals surface area (Å²) in [6.45, 7) is 3.22. The second-order valence-electron chi connectivity index (χ2n) is 8.62. The number of nitro benzene ring substituents is 1. The van der Waals surface area contributed by atoms with Gasteiger partial charge in [0.2, 0.25) is 5.91 Å². The highest BCUT2D eigenvalue weighted by Crippen LogP contribution is 2.29. The van der Waals surface area contributed by atoms with Crippen molar-refractivity contribution >= 4 is 33.0 Å². The number of methoxy groups -OCH3 is 1. The molecule has 1 saturated heterocycles. The van der Waals surface area contributed by atoms with Crippen molar-refractivity contribution in [2.45, 2.75) is 11.8 Å². The standard InChI is InChI=1S/C26H28N4O6S/c1-20-8-13-24(18-25(20)30(32)33)37(34,35)29(22-9-11-23(36-2)12-10-22)19-26(31)28-16-14-27(15-17-28)21-6-4-3-5-7-21/h3-13,18H,14-17,19H2,1-2H3. The highest BCUT2D eigenvalue weighted by molar-refractivity contribution is 7.92. The minimum Gasteiger partial charge on any atom is -0.497 e. The van der Waals surface area contributed by atoms with Crippen LogP contribution in [0.15, 0.2) is 77.7 Å². The van der Waals surface area contributed by atoms with E-state index in [2.05, 4.69) is 4.90 Å². The van der Waals surface area contributed by atoms with Crippen molar-refractivity contribution < 1.29 is 22.9 Å². The van der Waals surface area contributed by atoms with Crippen LogP contribution in [0.25, 0.3) is 0 Å². The van der Waals surface area contributed by atoms with Crippen LogP contribution in [-0.2, 0) is 14.8 Å². The normalized spacial score (nSPS) is 13.8. The van der Waals surface area contributed by atoms with Gasteiger partial charge in [0.25, 0.3) is 15.7 Å². The SMILES string of the molecule is COc1ccc(N(CC(=O)N2CCN(c3ccccc3)CC2)S(=O)(=O)c2ccc(C)c([N+](=O)[O-])c2)cc1. The van der Waals surface area contributed by atoms with Gasteiger partial charge in [0.05, 0.1) is 22.6 Å². The maximum Gasteiger partial charge on any atom is 0.273 e. The number of nitrogens with zero attached hydrogens (tertiary/aromatic N) is 4. The van der Waals surface area contributed by atoms with E-state index in [1.807, 2.05) is 30.3 Å². The molecule has 0 radical (unpaired) electrons. The van der Waals surface area contributed by atoms with Gasteiger partial charge in [-0.25, -0.2) is 8.42 Å². The van der Waals surface area contributed by atoms with E-state index in [-0.39, 0.29) is 22.2 Å². The lowest BCUT2D eigenvalue weighted by atomic mass is 10.2. The van der Waals surface area contributed by atoms with Crippen LogP contribution in [0.2, 0.25) is 0 Å². The summed E-state index contributed by atoms with van der Waals surface area (Å²) in [4.78, 5) is 27.7. The summed E-state index contributed by atoms with van der Waals surface area (Å²) in [7, 11) is -2.81. The minimum atomic E-state index is -4.30. The first-order chi connectivity index (χ1) is 17.7. The quantitative estimate of drug-likeness (QED) is 0.328. The van der Waals surface area contributed by atoms with E-state index < -0.39 is 21.5 Å². The van der Waals surface area contributed by atoms with Gasteiger partial charge in [-0.1, -0.05) is 24.3 Å². The molecule has 0 unspecified atom stereocenters. The average Bonchev–Trinajstić information content (AvgIpc) is 2.92. The van der Waals surface area contributed by atoms with Crippen molar-refractivity contribution in [1.82, 2.24) is 4.90 Å². The molecule has 3 aromatic carbocycles. The summed E-state index contributed by atoms with van der Waals surface area (Å²) in [6, 6.07) is 19.9. The van der Waals surface area contributed by atoms with Gasteiger partial charge in [0.1, 0.15) is 12.3 Å². The predicted octanol–water partition coefficient (Wildman–Crippen LogP) is 3.46. The fourth-order valence-corrected chi connectivity index (χ4v) is 5.65. The molecule has 37 heavy (non-hydrogen) atoms. The number of carbonyl (C=O) groups excluding carboxylic acids is 1. The fourth-order valence-electron chi connectivity index (χ4n) is 4.21. The first-order valence-electron chi connectivity index (χ1n) is 11.7. The van der Waals surface area contributed by atoms with Crippen LogP contribution in [0.4, 0.5) is 17.1 Å². The number of hydrogen-bond donors (Lipinski definition) is 0. The zero-order valence-corrected chi connectivity index (χ0v) is 21.4. The molecule has 0 spiro atoms. The number of ether oxygens (including phenoxy) is 1. The lowest BCUT2D eigenvalue weighted by Gasteiger charge is -2.37. The van der Waals surface area contributed by atoms with Crippen LogP contribution < -0.4 is 13.9 Å². The van der Waals surface area contributed by atoms with Gasteiger partial charge in [0.15, 0.2) is 0 Å². The zero-order chi connectivity index (χ0) is 26.6. The van der Waals surface area contributed by atoms with E-state index in [9.17, 15) is 23.3 Å². The Labute approximate surface area is 215 Å². The van der Waals surface area contributed by atoms with Crippen molar-refractivity contribution in [3.8, 4) is 5.75 Å². The van der Waals surface area contributed by atoms with E-state index in [0.29, 0.717) is 37.5 Å². The van der Waals surface area contributed by atoms with Crippen molar-refractivity contribution in [1.29, 1.82) is 0 Å². The van der Waals surface area contributed by atoms with Gasteiger partial charge in [-0.2, -0.15) is 0 Å². The number of hydrogen-bond acceptors (Lipinski definition) is 7. The zero-order valence-electron chi connectivity index (χ0n) is 20.6. The Balaban J connectivity index is 1.60. The molecule has 0 N–H and O–H groups in total. The van der Waals surface area contributed by atoms with Gasteiger partial charge >= 0.3 is 0 Å². The summed E-state index contributed by atoms with van der Waals surface area (Å²) in [5, 5.41) is 11.4. The average molecular weight is 525 g/mol. The summed E-state index contributed by atoms with van der Waals surface area (Å²) in [5.41, 5.74) is 1.35. The van der Waals surface area contributed by atoms with Gasteiger partial charge in [0, 0.05) is 43.5 Å². The molecule has 0 atom stereocenters. The van der Waals surface area contributed by atoms with Crippen molar-refractivity contribution in [2.75, 3.05) is 49.0 Å². The molecule has 0 bridgehead atoms. The molecule has 0 aliphatic carbocycles. The van der Waals surface area contributed by atoms with Gasteiger partial charge in [-0.15, -0.1) is 0 Å². The molecule has 1 aliphatic rings. The molecule has 11 heteroatoms. The molecule has 0 aromatic heterocycles. The monoisotopic (exact) mass is 524 g/mol. The number of carbonyl (C=O) groups is 1. The van der Waals surface area contributed by atoms with E-state index in [0.717, 1.165) is 16.1 Å². The minimum absolute atomic E-state index is 0.250. The van der Waals surface area contributed by atoms with Crippen molar-refractivity contribution in [3.05, 3.63) is 88.5 Å². The Morgan fingerprint density at radius 2 is 1.65 bits per heavy atom. The molecule has 1 heterocycles. The third-order valence-electron chi connectivity index (χ3n) is 6.36. The number of amides is 1. The first kappa shape index (κ1) is 26.0. The Kier molecular flexibility index (Phi) is 7.63. The van der Waals surface area contributed by atoms with Crippen LogP contribution in [0.1, 0.15) is 5.56 Å². The van der Waals surface area contributed by atoms with Gasteiger partial charge < -0.3 is 14.5 Å². The summed E-state index contributed by atoms with van der Waals surface area (Å²) in [6.07, 6.45) is 0. The van der Waals surface area contributed by atoms with Crippen LogP contribution in [0.3, 0.4) is 0 Å². The largest absolute Gasteiger partial charge is 0.497 e. The molecule has 4 rings (SSSR count).